The van der Waals surface area contributed by atoms with Gasteiger partial charge in [0.15, 0.2) is 5.78 Å². The molecule has 21 heavy (non-hydrogen) atoms. The quantitative estimate of drug-likeness (QED) is 0.657. The highest BCUT2D eigenvalue weighted by atomic mass is 16.5. The topological polar surface area (TPSA) is 34.5 Å². The van der Waals surface area contributed by atoms with Gasteiger partial charge in [0.25, 0.3) is 0 Å². The SMILES string of the molecule is CCC(CC)N(CCOC)CC(=O)c1cc(C)n(C)c1C. The van der Waals surface area contributed by atoms with Crippen LogP contribution in [0.5, 0.6) is 0 Å². The lowest BCUT2D eigenvalue weighted by molar-refractivity contribution is 0.0811. The number of nitrogens with zero attached hydrogens (tertiary/aromatic N) is 2. The lowest BCUT2D eigenvalue weighted by Gasteiger charge is -2.29. The van der Waals surface area contributed by atoms with E-state index in [9.17, 15) is 4.79 Å². The zero-order valence-electron chi connectivity index (χ0n) is 14.4. The van der Waals surface area contributed by atoms with Gasteiger partial charge < -0.3 is 9.30 Å². The van der Waals surface area contributed by atoms with Crippen molar-refractivity contribution in [3.63, 3.8) is 0 Å². The number of ether oxygens (including phenoxy) is 1. The van der Waals surface area contributed by atoms with Crippen LogP contribution < -0.4 is 0 Å². The Morgan fingerprint density at radius 1 is 1.33 bits per heavy atom. The second kappa shape index (κ2) is 8.35. The fraction of sp³-hybridized carbons (Fsp3) is 0.706. The Bertz CT molecular complexity index is 462. The number of carbonyl (C=O) groups is 1. The minimum atomic E-state index is 0.208. The summed E-state index contributed by atoms with van der Waals surface area (Å²) in [5.41, 5.74) is 3.03. The number of aromatic nitrogens is 1. The molecule has 0 aliphatic carbocycles. The second-order valence-electron chi connectivity index (χ2n) is 5.70. The Morgan fingerprint density at radius 2 is 1.95 bits per heavy atom. The van der Waals surface area contributed by atoms with E-state index in [0.717, 1.165) is 36.3 Å². The third-order valence-electron chi connectivity index (χ3n) is 4.46. The van der Waals surface area contributed by atoms with Crippen LogP contribution in [0.3, 0.4) is 0 Å². The highest BCUT2D eigenvalue weighted by molar-refractivity contribution is 5.99. The first kappa shape index (κ1) is 17.9. The van der Waals surface area contributed by atoms with E-state index in [1.165, 1.54) is 0 Å². The van der Waals surface area contributed by atoms with Crippen LogP contribution in [-0.2, 0) is 11.8 Å². The summed E-state index contributed by atoms with van der Waals surface area (Å²) in [4.78, 5) is 14.9. The molecule has 0 aromatic carbocycles. The fourth-order valence-electron chi connectivity index (χ4n) is 2.81. The average molecular weight is 294 g/mol. The molecular weight excluding hydrogens is 264 g/mol. The van der Waals surface area contributed by atoms with Gasteiger partial charge in [0.2, 0.25) is 0 Å². The first-order chi connectivity index (χ1) is 9.96. The molecule has 4 heteroatoms. The van der Waals surface area contributed by atoms with Gasteiger partial charge in [-0.1, -0.05) is 13.8 Å². The van der Waals surface area contributed by atoms with Crippen LogP contribution in [0.4, 0.5) is 0 Å². The summed E-state index contributed by atoms with van der Waals surface area (Å²) < 4.78 is 7.26. The van der Waals surface area contributed by atoms with Crippen molar-refractivity contribution in [2.24, 2.45) is 7.05 Å². The van der Waals surface area contributed by atoms with E-state index in [-0.39, 0.29) is 5.78 Å². The zero-order chi connectivity index (χ0) is 16.0. The van der Waals surface area contributed by atoms with Gasteiger partial charge in [0.05, 0.1) is 13.2 Å². The standard InChI is InChI=1S/C17H30N2O2/c1-7-15(8-2)19(9-10-21-6)12-17(20)16-11-13(3)18(5)14(16)4/h11,15H,7-10,12H2,1-6H3. The summed E-state index contributed by atoms with van der Waals surface area (Å²) in [5, 5.41) is 0. The predicted molar refractivity (Wildman–Crippen MR) is 87.0 cm³/mol. The molecule has 0 unspecified atom stereocenters. The summed E-state index contributed by atoms with van der Waals surface area (Å²) in [6.07, 6.45) is 2.11. The van der Waals surface area contributed by atoms with Crippen molar-refractivity contribution in [2.45, 2.75) is 46.6 Å². The Labute approximate surface area is 129 Å². The minimum Gasteiger partial charge on any atom is -0.383 e. The molecule has 4 nitrogen and oxygen atoms in total. The van der Waals surface area contributed by atoms with Gasteiger partial charge >= 0.3 is 0 Å². The summed E-state index contributed by atoms with van der Waals surface area (Å²) in [6.45, 7) is 10.3. The van der Waals surface area contributed by atoms with Crippen LogP contribution in [0, 0.1) is 13.8 Å². The van der Waals surface area contributed by atoms with E-state index in [2.05, 4.69) is 23.3 Å². The van der Waals surface area contributed by atoms with E-state index < -0.39 is 0 Å². The van der Waals surface area contributed by atoms with E-state index >= 15 is 0 Å². The normalized spacial score (nSPS) is 11.6. The van der Waals surface area contributed by atoms with E-state index in [4.69, 9.17) is 4.74 Å². The van der Waals surface area contributed by atoms with Gasteiger partial charge in [-0.2, -0.15) is 0 Å². The molecule has 120 valence electrons. The number of aryl methyl sites for hydroxylation is 1. The summed E-state index contributed by atoms with van der Waals surface area (Å²) in [5.74, 6) is 0.208. The first-order valence-electron chi connectivity index (χ1n) is 7.85. The molecule has 1 heterocycles. The number of rotatable bonds is 9. The van der Waals surface area contributed by atoms with Gasteiger partial charge in [0, 0.05) is 43.7 Å². The van der Waals surface area contributed by atoms with Crippen LogP contribution in [0.25, 0.3) is 0 Å². The first-order valence-corrected chi connectivity index (χ1v) is 7.85. The Morgan fingerprint density at radius 3 is 2.38 bits per heavy atom. The smallest absolute Gasteiger partial charge is 0.178 e. The maximum absolute atomic E-state index is 12.6. The highest BCUT2D eigenvalue weighted by Gasteiger charge is 2.21. The monoisotopic (exact) mass is 294 g/mol. The van der Waals surface area contributed by atoms with Crippen LogP contribution in [0.1, 0.15) is 48.4 Å². The number of ketones is 1. The Kier molecular flexibility index (Phi) is 7.12. The number of carbonyl (C=O) groups excluding carboxylic acids is 1. The maximum atomic E-state index is 12.6. The number of methoxy groups -OCH3 is 1. The van der Waals surface area contributed by atoms with Crippen LogP contribution in [-0.4, -0.2) is 48.1 Å². The number of Topliss-reactive ketones (excluding diaryl/α,β-unsaturated/α-hetero) is 1. The molecule has 0 radical (unpaired) electrons. The predicted octanol–water partition coefficient (Wildman–Crippen LogP) is 2.96. The van der Waals surface area contributed by atoms with Gasteiger partial charge in [-0.3, -0.25) is 9.69 Å². The number of hydrogen-bond donors (Lipinski definition) is 0. The van der Waals surface area contributed by atoms with Crippen molar-refractivity contribution in [1.29, 1.82) is 0 Å². The summed E-state index contributed by atoms with van der Waals surface area (Å²) in [6, 6.07) is 2.44. The van der Waals surface area contributed by atoms with Crippen molar-refractivity contribution >= 4 is 5.78 Å². The molecule has 0 aliphatic rings. The molecule has 0 saturated heterocycles. The molecule has 0 spiro atoms. The number of hydrogen-bond acceptors (Lipinski definition) is 3. The molecule has 0 bridgehead atoms. The minimum absolute atomic E-state index is 0.208. The molecular formula is C17H30N2O2. The van der Waals surface area contributed by atoms with Gasteiger partial charge in [-0.05, 0) is 32.8 Å². The Hall–Kier alpha value is -1.13. The third-order valence-corrected chi connectivity index (χ3v) is 4.46. The van der Waals surface area contributed by atoms with Crippen molar-refractivity contribution in [1.82, 2.24) is 9.47 Å². The van der Waals surface area contributed by atoms with Crippen LogP contribution >= 0.6 is 0 Å². The van der Waals surface area contributed by atoms with Crippen molar-refractivity contribution in [2.75, 3.05) is 26.8 Å². The van der Waals surface area contributed by atoms with Crippen LogP contribution in [0.15, 0.2) is 6.07 Å². The van der Waals surface area contributed by atoms with Crippen molar-refractivity contribution < 1.29 is 9.53 Å². The van der Waals surface area contributed by atoms with Crippen LogP contribution in [0.2, 0.25) is 0 Å². The second-order valence-corrected chi connectivity index (χ2v) is 5.70. The average Bonchev–Trinajstić information content (AvgIpc) is 2.73. The van der Waals surface area contributed by atoms with E-state index in [1.807, 2.05) is 27.0 Å². The third kappa shape index (κ3) is 4.42. The fourth-order valence-corrected chi connectivity index (χ4v) is 2.81. The summed E-state index contributed by atoms with van der Waals surface area (Å²) >= 11 is 0. The summed E-state index contributed by atoms with van der Waals surface area (Å²) in [7, 11) is 3.71. The van der Waals surface area contributed by atoms with Gasteiger partial charge in [0.1, 0.15) is 0 Å². The molecule has 0 amide bonds. The molecule has 1 rings (SSSR count). The van der Waals surface area contributed by atoms with E-state index in [0.29, 0.717) is 19.2 Å². The molecule has 0 fully saturated rings. The molecule has 1 aromatic heterocycles. The highest BCUT2D eigenvalue weighted by Crippen LogP contribution is 2.16. The maximum Gasteiger partial charge on any atom is 0.178 e. The largest absolute Gasteiger partial charge is 0.383 e. The van der Waals surface area contributed by atoms with Gasteiger partial charge in [-0.15, -0.1) is 0 Å². The molecule has 1 aromatic rings. The lowest BCUT2D eigenvalue weighted by atomic mass is 10.1. The zero-order valence-corrected chi connectivity index (χ0v) is 14.4. The lowest BCUT2D eigenvalue weighted by Crippen LogP contribution is -2.40. The van der Waals surface area contributed by atoms with Crippen molar-refractivity contribution in [3.05, 3.63) is 23.0 Å². The Balaban J connectivity index is 2.86. The molecule has 0 aliphatic heterocycles. The van der Waals surface area contributed by atoms with Gasteiger partial charge in [-0.25, -0.2) is 0 Å². The molecule has 0 atom stereocenters. The molecule has 0 saturated carbocycles. The van der Waals surface area contributed by atoms with Crippen molar-refractivity contribution in [3.8, 4) is 0 Å². The molecule has 0 N–H and O–H groups in total. The van der Waals surface area contributed by atoms with E-state index in [1.54, 1.807) is 7.11 Å².